The number of aryl methyl sites for hydroxylation is 1. The Morgan fingerprint density at radius 3 is 1.97 bits per heavy atom. The zero-order chi connectivity index (χ0) is 54.6. The maximum atomic E-state index is 14.1. The van der Waals surface area contributed by atoms with Crippen LogP contribution in [0.3, 0.4) is 0 Å². The monoisotopic (exact) mass is 1080 g/mol. The maximum absolute atomic E-state index is 14.1. The third-order valence-electron chi connectivity index (χ3n) is 14.0. The molecule has 3 aliphatic rings. The van der Waals surface area contributed by atoms with Gasteiger partial charge in [0.25, 0.3) is 17.7 Å². The molecular weight excluding hydrogens is 999 g/mol. The van der Waals surface area contributed by atoms with Crippen LogP contribution in [0.5, 0.6) is 0 Å². The van der Waals surface area contributed by atoms with Gasteiger partial charge in [0, 0.05) is 94.1 Å². The number of anilines is 2. The molecule has 1 aliphatic carbocycles. The minimum atomic E-state index is -0.374. The number of rotatable bonds is 31. The number of ether oxygens (including phenoxy) is 8. The Kier molecular flexibility index (Phi) is 25.5. The predicted molar refractivity (Wildman–Crippen MR) is 297 cm³/mol. The van der Waals surface area contributed by atoms with Crippen LogP contribution in [-0.2, 0) is 44.3 Å². The highest BCUT2D eigenvalue weighted by atomic mass is 16.6. The summed E-state index contributed by atoms with van der Waals surface area (Å²) in [6.45, 7) is 11.6. The van der Waals surface area contributed by atoms with Gasteiger partial charge in [0.1, 0.15) is 6.61 Å². The third-order valence-corrected chi connectivity index (χ3v) is 14.0. The van der Waals surface area contributed by atoms with E-state index in [-0.39, 0.29) is 43.1 Å². The van der Waals surface area contributed by atoms with E-state index in [1.165, 1.54) is 12.0 Å². The molecular formula is C59H81N7O12. The standard InChI is InChI=1S/C59H81N7O12/c1-63(25-26-64-21-10-24-66(28-27-64)59(70)78-42-41-77-40-39-76-38-37-75-36-35-74-34-33-73-32-31-72-30-29-71-2)58(69)49-14-8-13-47(43-49)56(67)62-54-18-17-50(65-22-6-3-7-23-65)45-52(54)55-44-48(19-20-60-55)57(68)61-53-16-9-12-46-11-4-5-15-51(46)53/h4-5,8,11,13-15,17-20,43-45,53H,3,6-7,9-10,12,16,21-42H2,1-2H3,(H,61,68)(H,62,67)/t53-/m0/s1. The van der Waals surface area contributed by atoms with E-state index in [1.807, 2.05) is 30.3 Å². The van der Waals surface area contributed by atoms with E-state index in [1.54, 1.807) is 66.6 Å². The molecule has 3 aromatic carbocycles. The average molecular weight is 1080 g/mol. The first-order valence-electron chi connectivity index (χ1n) is 27.8. The van der Waals surface area contributed by atoms with Crippen LogP contribution in [0.1, 0.15) is 86.8 Å². The van der Waals surface area contributed by atoms with Crippen LogP contribution in [0.25, 0.3) is 11.3 Å². The van der Waals surface area contributed by atoms with Crippen molar-refractivity contribution < 1.29 is 57.1 Å². The zero-order valence-electron chi connectivity index (χ0n) is 45.8. The summed E-state index contributed by atoms with van der Waals surface area (Å²) < 4.78 is 43.3. The van der Waals surface area contributed by atoms with Gasteiger partial charge in [0.2, 0.25) is 0 Å². The van der Waals surface area contributed by atoms with Crippen LogP contribution in [0.4, 0.5) is 16.2 Å². The van der Waals surface area contributed by atoms with Crippen molar-refractivity contribution in [3.63, 3.8) is 0 Å². The van der Waals surface area contributed by atoms with Gasteiger partial charge >= 0.3 is 6.09 Å². The van der Waals surface area contributed by atoms with Crippen molar-refractivity contribution in [3.8, 4) is 11.3 Å². The van der Waals surface area contributed by atoms with E-state index < -0.39 is 0 Å². The molecule has 2 N–H and O–H groups in total. The molecule has 7 rings (SSSR count). The molecule has 19 nitrogen and oxygen atoms in total. The summed E-state index contributed by atoms with van der Waals surface area (Å²) in [4.78, 5) is 67.3. The number of pyridine rings is 1. The normalized spacial score (nSPS) is 15.8. The number of hydrogen-bond acceptors (Lipinski definition) is 15. The van der Waals surface area contributed by atoms with Crippen molar-refractivity contribution in [2.75, 3.05) is 169 Å². The Hall–Kier alpha value is -6.03. The van der Waals surface area contributed by atoms with Gasteiger partial charge in [-0.2, -0.15) is 0 Å². The summed E-state index contributed by atoms with van der Waals surface area (Å²) >= 11 is 0. The second-order valence-corrected chi connectivity index (χ2v) is 19.5. The van der Waals surface area contributed by atoms with E-state index >= 15 is 0 Å². The lowest BCUT2D eigenvalue weighted by atomic mass is 9.87. The van der Waals surface area contributed by atoms with Crippen LogP contribution in [0.15, 0.2) is 85.1 Å². The molecule has 19 heteroatoms. The molecule has 0 saturated carbocycles. The molecule has 3 heterocycles. The quantitative estimate of drug-likeness (QED) is 0.0502. The molecule has 2 fully saturated rings. The highest BCUT2D eigenvalue weighted by Gasteiger charge is 2.25. The molecule has 2 saturated heterocycles. The van der Waals surface area contributed by atoms with E-state index in [2.05, 4.69) is 32.6 Å². The number of carbonyl (C=O) groups is 4. The van der Waals surface area contributed by atoms with Gasteiger partial charge in [-0.3, -0.25) is 24.3 Å². The molecule has 4 amide bonds. The molecule has 0 unspecified atom stereocenters. The van der Waals surface area contributed by atoms with Crippen molar-refractivity contribution >= 4 is 35.2 Å². The largest absolute Gasteiger partial charge is 0.447 e. The van der Waals surface area contributed by atoms with E-state index in [0.29, 0.717) is 146 Å². The Morgan fingerprint density at radius 2 is 1.27 bits per heavy atom. The Bertz CT molecular complexity index is 2480. The number of fused-ring (bicyclic) bond motifs is 1. The van der Waals surface area contributed by atoms with E-state index in [4.69, 9.17) is 42.9 Å². The molecule has 1 aromatic heterocycles. The fourth-order valence-electron chi connectivity index (χ4n) is 9.67. The number of carbonyl (C=O) groups excluding carboxylic acids is 4. The number of piperidine rings is 1. The molecule has 0 bridgehead atoms. The van der Waals surface area contributed by atoms with Gasteiger partial charge in [-0.15, -0.1) is 0 Å². The third kappa shape index (κ3) is 19.4. The lowest BCUT2D eigenvalue weighted by Crippen LogP contribution is -2.39. The molecule has 1 atom stereocenters. The maximum Gasteiger partial charge on any atom is 0.409 e. The summed E-state index contributed by atoms with van der Waals surface area (Å²) in [7, 11) is 3.40. The van der Waals surface area contributed by atoms with Crippen LogP contribution in [-0.4, -0.2) is 203 Å². The second-order valence-electron chi connectivity index (χ2n) is 19.5. The Balaban J connectivity index is 0.804. The molecule has 2 aliphatic heterocycles. The number of aromatic nitrogens is 1. The first-order chi connectivity index (χ1) is 38.3. The summed E-state index contributed by atoms with van der Waals surface area (Å²) in [6.07, 6.45) is 8.32. The summed E-state index contributed by atoms with van der Waals surface area (Å²) in [6, 6.07) is 24.5. The zero-order valence-corrected chi connectivity index (χ0v) is 45.8. The highest BCUT2D eigenvalue weighted by molar-refractivity contribution is 6.08. The summed E-state index contributed by atoms with van der Waals surface area (Å²) in [5, 5.41) is 6.38. The van der Waals surface area contributed by atoms with Crippen LogP contribution < -0.4 is 15.5 Å². The average Bonchev–Trinajstić information content (AvgIpc) is 3.80. The van der Waals surface area contributed by atoms with Crippen LogP contribution in [0.2, 0.25) is 0 Å². The summed E-state index contributed by atoms with van der Waals surface area (Å²) in [5.41, 5.74) is 6.48. The molecule has 78 heavy (non-hydrogen) atoms. The van der Waals surface area contributed by atoms with Gasteiger partial charge in [0.15, 0.2) is 0 Å². The number of methoxy groups -OCH3 is 1. The van der Waals surface area contributed by atoms with Gasteiger partial charge in [0.05, 0.1) is 103 Å². The van der Waals surface area contributed by atoms with E-state index in [9.17, 15) is 19.2 Å². The van der Waals surface area contributed by atoms with Gasteiger partial charge in [-0.05, 0) is 111 Å². The van der Waals surface area contributed by atoms with Crippen LogP contribution in [0, 0.1) is 0 Å². The number of likely N-dealkylation sites (N-methyl/N-ethyl adjacent to an activating group) is 1. The lowest BCUT2D eigenvalue weighted by molar-refractivity contribution is -0.0209. The first-order valence-corrected chi connectivity index (χ1v) is 27.8. The van der Waals surface area contributed by atoms with Crippen LogP contribution >= 0.6 is 0 Å². The number of hydrogen-bond donors (Lipinski definition) is 2. The number of nitrogens with one attached hydrogen (secondary N) is 2. The highest BCUT2D eigenvalue weighted by Crippen LogP contribution is 2.34. The minimum absolute atomic E-state index is 0.0717. The number of benzene rings is 3. The lowest BCUT2D eigenvalue weighted by Gasteiger charge is -2.29. The number of nitrogens with zero attached hydrogens (tertiary/aromatic N) is 5. The minimum Gasteiger partial charge on any atom is -0.447 e. The molecule has 0 radical (unpaired) electrons. The number of amides is 4. The summed E-state index contributed by atoms with van der Waals surface area (Å²) in [5.74, 6) is -0.756. The van der Waals surface area contributed by atoms with Gasteiger partial charge in [-0.1, -0.05) is 30.3 Å². The fraction of sp³-hybridized carbons (Fsp3) is 0.542. The van der Waals surface area contributed by atoms with Crippen molar-refractivity contribution in [3.05, 3.63) is 113 Å². The van der Waals surface area contributed by atoms with E-state index in [0.717, 1.165) is 69.4 Å². The van der Waals surface area contributed by atoms with Crippen molar-refractivity contribution in [2.24, 2.45) is 0 Å². The Morgan fingerprint density at radius 1 is 0.615 bits per heavy atom. The molecule has 424 valence electrons. The Labute approximate surface area is 460 Å². The predicted octanol–water partition coefficient (Wildman–Crippen LogP) is 6.76. The van der Waals surface area contributed by atoms with Gasteiger partial charge < -0.3 is 63.2 Å². The first kappa shape index (κ1) is 59.6. The van der Waals surface area contributed by atoms with Crippen molar-refractivity contribution in [1.82, 2.24) is 25.0 Å². The molecule has 0 spiro atoms. The van der Waals surface area contributed by atoms with Crippen molar-refractivity contribution in [2.45, 2.75) is 51.0 Å². The topological polar surface area (TPSA) is 192 Å². The fourth-order valence-corrected chi connectivity index (χ4v) is 9.67. The smallest absolute Gasteiger partial charge is 0.409 e. The molecule has 4 aromatic rings. The van der Waals surface area contributed by atoms with Crippen molar-refractivity contribution in [1.29, 1.82) is 0 Å². The SMILES string of the molecule is COCCOCCOCCOCCOCCOCCOCCOC(=O)N1CCCN(CCN(C)C(=O)c2cccc(C(=O)Nc3ccc(N4CCCCC4)cc3-c3cc(C(=O)N[C@H]4CCCc5ccccc54)ccn3)c2)CC1. The second kappa shape index (κ2) is 33.4. The van der Waals surface area contributed by atoms with Gasteiger partial charge in [-0.25, -0.2) is 4.79 Å².